The number of para-hydroxylation sites is 2. The van der Waals surface area contributed by atoms with Crippen molar-refractivity contribution in [2.24, 2.45) is 0 Å². The van der Waals surface area contributed by atoms with Crippen molar-refractivity contribution in [2.75, 3.05) is 9.80 Å². The van der Waals surface area contributed by atoms with Gasteiger partial charge in [-0.3, -0.25) is 0 Å². The molecule has 3 nitrogen and oxygen atoms in total. The molecule has 7 aliphatic carbocycles. The van der Waals surface area contributed by atoms with Crippen molar-refractivity contribution in [2.45, 2.75) is 68.1 Å². The maximum atomic E-state index is 2.58. The van der Waals surface area contributed by atoms with E-state index in [1.807, 2.05) is 0 Å². The van der Waals surface area contributed by atoms with E-state index in [1.54, 1.807) is 0 Å². The number of aromatic nitrogens is 1. The monoisotopic (exact) mass is 1780 g/mol. The fourth-order valence-corrected chi connectivity index (χ4v) is 27.1. The minimum absolute atomic E-state index is 0.166. The topological polar surface area (TPSA) is 11.4 Å². The summed E-state index contributed by atoms with van der Waals surface area (Å²) in [6, 6.07) is 181. The Morgan fingerprint density at radius 1 is 0.186 bits per heavy atom. The Morgan fingerprint density at radius 3 is 1.15 bits per heavy atom. The number of hydrogen-bond donors (Lipinski definition) is 0. The van der Waals surface area contributed by atoms with E-state index in [2.05, 4.69) is 522 Å². The van der Waals surface area contributed by atoms with Crippen molar-refractivity contribution in [3.05, 3.63) is 557 Å². The Morgan fingerprint density at radius 2 is 0.536 bits per heavy atom. The molecular formula is C137H95N3. The van der Waals surface area contributed by atoms with E-state index >= 15 is 0 Å². The van der Waals surface area contributed by atoms with E-state index in [4.69, 9.17) is 0 Å². The smallest absolute Gasteiger partial charge is 0.0725 e. The van der Waals surface area contributed by atoms with E-state index in [-0.39, 0.29) is 10.8 Å². The van der Waals surface area contributed by atoms with Gasteiger partial charge in [-0.25, -0.2) is 0 Å². The van der Waals surface area contributed by atoms with Gasteiger partial charge in [0.15, 0.2) is 0 Å². The van der Waals surface area contributed by atoms with Crippen LogP contribution in [0.15, 0.2) is 473 Å². The molecule has 0 fully saturated rings. The largest absolute Gasteiger partial charge is 0.310 e. The van der Waals surface area contributed by atoms with Crippen LogP contribution in [0.4, 0.5) is 34.1 Å². The van der Waals surface area contributed by atoms with Crippen LogP contribution in [-0.2, 0) is 33.5 Å². The van der Waals surface area contributed by atoms with Gasteiger partial charge in [-0.1, -0.05) is 393 Å². The molecule has 0 saturated carbocycles. The van der Waals surface area contributed by atoms with Gasteiger partial charge in [0.25, 0.3) is 0 Å². The number of anilines is 6. The van der Waals surface area contributed by atoms with Gasteiger partial charge >= 0.3 is 0 Å². The molecule has 1 atom stereocenters. The molecule has 140 heavy (non-hydrogen) atoms. The molecule has 1 unspecified atom stereocenters. The molecule has 0 bridgehead atoms. The Hall–Kier alpha value is -17.0. The van der Waals surface area contributed by atoms with Crippen LogP contribution < -0.4 is 9.80 Å². The molecule has 29 rings (SSSR count). The normalized spacial score (nSPS) is 15.3. The van der Waals surface area contributed by atoms with E-state index in [9.17, 15) is 0 Å². The van der Waals surface area contributed by atoms with Crippen LogP contribution >= 0.6 is 0 Å². The van der Waals surface area contributed by atoms with Gasteiger partial charge in [0.05, 0.1) is 21.9 Å². The fourth-order valence-electron chi connectivity index (χ4n) is 27.1. The molecule has 0 amide bonds. The number of rotatable bonds is 13. The van der Waals surface area contributed by atoms with Crippen LogP contribution in [-0.4, -0.2) is 4.57 Å². The lowest BCUT2D eigenvalue weighted by Gasteiger charge is -2.31. The molecule has 7 aliphatic rings. The molecule has 0 aliphatic heterocycles. The van der Waals surface area contributed by atoms with E-state index in [1.165, 1.54) is 189 Å². The second-order valence-electron chi connectivity index (χ2n) is 41.0. The standard InChI is InChI=1S/C137H95N3/c1-133(2)113-51-23-15-43-101(113)106-69-65-99(83-125(106)133)138(94-39-13-8-14-40-94)97-42-32-38-89(77-97)90-61-68-111-126(81-90)135(5,121-71-73-123-132(130(111)121)109-50-21-29-57-119(109)137(123)116-54-26-18-46-104(116)105-47-19-27-55-117(105)137)84-85-33-31-41-96(75-85)140-127-58-30-22-48-107(127)112-82-98(66-74-128(112)140)139(95-63-59-88(60-64-95)86-34-9-6-10-35-86)100-78-92(87-36-11-7-12-37-87)76-93(79-100)91-62-67-110-124(80-91)134(3,4)120-70-72-122-131(129(110)120)108-49-20-28-56-118(108)136(122)114-52-24-16-44-102(114)103-45-17-25-53-115(103)136/h6-83H,84H2,1-5H3. The highest BCUT2D eigenvalue weighted by molar-refractivity contribution is 6.12. The first-order valence-electron chi connectivity index (χ1n) is 49.5. The minimum atomic E-state index is -0.512. The molecule has 0 radical (unpaired) electrons. The summed E-state index contributed by atoms with van der Waals surface area (Å²) in [5, 5.41) is 2.36. The van der Waals surface area contributed by atoms with Crippen LogP contribution in [0.25, 0.3) is 150 Å². The summed E-state index contributed by atoms with van der Waals surface area (Å²) in [5.74, 6) is 0. The summed E-state index contributed by atoms with van der Waals surface area (Å²) in [5.41, 5.74) is 56.1. The molecule has 0 N–H and O–H groups in total. The van der Waals surface area contributed by atoms with Gasteiger partial charge in [-0.05, 0) is 328 Å². The van der Waals surface area contributed by atoms with Crippen molar-refractivity contribution in [3.63, 3.8) is 0 Å². The van der Waals surface area contributed by atoms with Crippen molar-refractivity contribution < 1.29 is 0 Å². The number of benzene rings is 21. The Labute approximate surface area is 817 Å². The van der Waals surface area contributed by atoms with Crippen molar-refractivity contribution in [1.82, 2.24) is 4.57 Å². The highest BCUT2D eigenvalue weighted by Crippen LogP contribution is 2.70. The lowest BCUT2D eigenvalue weighted by atomic mass is 9.69. The third-order valence-electron chi connectivity index (χ3n) is 33.2. The molecule has 1 heterocycles. The molecule has 21 aromatic carbocycles. The summed E-state index contributed by atoms with van der Waals surface area (Å²) in [6.45, 7) is 12.2. The Kier molecular flexibility index (Phi) is 17.1. The average Bonchev–Trinajstić information content (AvgIpc) is 1.49. The first-order chi connectivity index (χ1) is 68.8. The van der Waals surface area contributed by atoms with E-state index in [0.29, 0.717) is 0 Å². The number of hydrogen-bond acceptors (Lipinski definition) is 2. The predicted molar refractivity (Wildman–Crippen MR) is 582 cm³/mol. The Bertz CT molecular complexity index is 8960. The first-order valence-corrected chi connectivity index (χ1v) is 49.5. The first kappa shape index (κ1) is 80.3. The SMILES string of the molecule is CC1(C)c2ccccc2-c2ccc(N(c3ccccc3)c3cccc(-c4ccc5c(c4)C(C)(Cc4cccc(-n6c7ccccc7c7cc(N(c8ccc(-c9ccccc9)cc8)c8cc(-c9ccccc9)cc(-c9ccc%10c(c9)C(C)(C)c9ccc%11c(c9-%10)-c9ccccc9C%119c%10ccccc%10-c%10ccccc%109)c8)ccc76)c4)c4ccc6c(c4-5)-c4ccccc4C64c5ccccc5-c5ccccc54)c3)cc21. The third-order valence-corrected chi connectivity index (χ3v) is 33.2. The second kappa shape index (κ2) is 29.8. The molecular weight excluding hydrogens is 1690 g/mol. The Balaban J connectivity index is 0.571. The van der Waals surface area contributed by atoms with Crippen molar-refractivity contribution in [1.29, 1.82) is 0 Å². The van der Waals surface area contributed by atoms with Crippen LogP contribution in [0, 0.1) is 0 Å². The van der Waals surface area contributed by atoms with Crippen LogP contribution in [0.2, 0.25) is 0 Å². The molecule has 1 aromatic heterocycles. The van der Waals surface area contributed by atoms with E-state index < -0.39 is 16.2 Å². The zero-order chi connectivity index (χ0) is 92.8. The quantitative estimate of drug-likeness (QED) is 0.114. The minimum Gasteiger partial charge on any atom is -0.310 e. The van der Waals surface area contributed by atoms with Gasteiger partial charge in [0, 0.05) is 66.8 Å². The maximum Gasteiger partial charge on any atom is 0.0725 e. The van der Waals surface area contributed by atoms with Gasteiger partial charge in [-0.15, -0.1) is 0 Å². The molecule has 3 heteroatoms. The lowest BCUT2D eigenvalue weighted by molar-refractivity contribution is 0.583. The van der Waals surface area contributed by atoms with Gasteiger partial charge in [-0.2, -0.15) is 0 Å². The van der Waals surface area contributed by atoms with Crippen LogP contribution in [0.1, 0.15) is 118 Å². The maximum absolute atomic E-state index is 2.58. The fraction of sp³-hybridized carbons (Fsp3) is 0.0803. The van der Waals surface area contributed by atoms with E-state index in [0.717, 1.165) is 85.1 Å². The summed E-state index contributed by atoms with van der Waals surface area (Å²) >= 11 is 0. The zero-order valence-electron chi connectivity index (χ0n) is 78.6. The van der Waals surface area contributed by atoms with Crippen LogP contribution in [0.5, 0.6) is 0 Å². The predicted octanol–water partition coefficient (Wildman–Crippen LogP) is 35.2. The summed E-state index contributed by atoms with van der Waals surface area (Å²) < 4.78 is 2.53. The van der Waals surface area contributed by atoms with Gasteiger partial charge in [0.1, 0.15) is 0 Å². The summed E-state index contributed by atoms with van der Waals surface area (Å²) in [4.78, 5) is 4.96. The highest BCUT2D eigenvalue weighted by atomic mass is 15.1. The average molecular weight is 1780 g/mol. The number of nitrogens with zero attached hydrogens (tertiary/aromatic N) is 3. The molecule has 2 spiro atoms. The van der Waals surface area contributed by atoms with Crippen molar-refractivity contribution in [3.8, 4) is 128 Å². The summed E-state index contributed by atoms with van der Waals surface area (Å²) in [6.07, 6.45) is 0.741. The molecule has 22 aromatic rings. The van der Waals surface area contributed by atoms with Crippen LogP contribution in [0.3, 0.4) is 0 Å². The number of fused-ring (bicyclic) bond motifs is 34. The zero-order valence-corrected chi connectivity index (χ0v) is 78.6. The van der Waals surface area contributed by atoms with Gasteiger partial charge in [0.2, 0.25) is 0 Å². The second-order valence-corrected chi connectivity index (χ2v) is 41.0. The third kappa shape index (κ3) is 11.1. The van der Waals surface area contributed by atoms with Gasteiger partial charge < -0.3 is 14.4 Å². The lowest BCUT2D eigenvalue weighted by Crippen LogP contribution is -2.26. The molecule has 658 valence electrons. The molecule has 0 saturated heterocycles. The summed E-state index contributed by atoms with van der Waals surface area (Å²) in [7, 11) is 0. The highest BCUT2D eigenvalue weighted by Gasteiger charge is 2.57. The van der Waals surface area contributed by atoms with Crippen molar-refractivity contribution >= 4 is 55.9 Å².